The zero-order valence-corrected chi connectivity index (χ0v) is 15.8. The maximum absolute atomic E-state index is 6.02. The molecule has 4 rings (SSSR count). The van der Waals surface area contributed by atoms with Gasteiger partial charge in [0.25, 0.3) is 0 Å². The Balaban J connectivity index is 1.31. The molecular weight excluding hydrogens is 342 g/mol. The van der Waals surface area contributed by atoms with Crippen LogP contribution in [0.25, 0.3) is 0 Å². The lowest BCUT2D eigenvalue weighted by atomic mass is 10.1. The molecule has 0 aliphatic carbocycles. The Morgan fingerprint density at radius 1 is 1.22 bits per heavy atom. The first kappa shape index (κ1) is 17.9. The molecule has 0 spiro atoms. The van der Waals surface area contributed by atoms with Crippen LogP contribution in [-0.4, -0.2) is 66.3 Å². The fourth-order valence-corrected chi connectivity index (χ4v) is 3.64. The molecule has 1 saturated heterocycles. The van der Waals surface area contributed by atoms with Crippen molar-refractivity contribution in [2.45, 2.75) is 26.0 Å². The van der Waals surface area contributed by atoms with Gasteiger partial charge in [0.2, 0.25) is 0 Å². The lowest BCUT2D eigenvalue weighted by molar-refractivity contribution is 0.168. The molecule has 1 aromatic heterocycles. The van der Waals surface area contributed by atoms with Crippen LogP contribution in [0, 0.1) is 0 Å². The first-order valence-electron chi connectivity index (χ1n) is 9.71. The van der Waals surface area contributed by atoms with Crippen LogP contribution in [0.4, 0.5) is 0 Å². The Hall–Kier alpha value is -2.54. The third kappa shape index (κ3) is 4.42. The number of hydrogen-bond donors (Lipinski definition) is 1. The summed E-state index contributed by atoms with van der Waals surface area (Å²) in [7, 11) is 0. The summed E-state index contributed by atoms with van der Waals surface area (Å²) >= 11 is 0. The van der Waals surface area contributed by atoms with Crippen molar-refractivity contribution >= 4 is 5.96 Å². The summed E-state index contributed by atoms with van der Waals surface area (Å²) in [4.78, 5) is 9.60. The second kappa shape index (κ2) is 8.43. The van der Waals surface area contributed by atoms with Gasteiger partial charge in [0.1, 0.15) is 18.1 Å². The largest absolute Gasteiger partial charge is 0.488 e. The number of fused-ring (bicyclic) bond motifs is 1. The van der Waals surface area contributed by atoms with Crippen molar-refractivity contribution in [2.24, 2.45) is 4.99 Å². The number of aliphatic imine (C=N–C) groups is 1. The van der Waals surface area contributed by atoms with Crippen molar-refractivity contribution in [3.8, 4) is 5.75 Å². The van der Waals surface area contributed by atoms with Gasteiger partial charge in [-0.2, -0.15) is 0 Å². The van der Waals surface area contributed by atoms with E-state index in [0.717, 1.165) is 63.1 Å². The number of guanidine groups is 1. The number of para-hydroxylation sites is 1. The molecule has 0 radical (unpaired) electrons. The standard InChI is InChI=1S/C20H27N5O2/c1-2-21-20(22-14-18-13-16-5-3-4-6-19(16)27-18)25-10-8-24(9-11-25)15-17-7-12-26-23-17/h3-7,12,18H,2,8-11,13-15H2,1H3,(H,21,22). The van der Waals surface area contributed by atoms with E-state index in [4.69, 9.17) is 14.3 Å². The highest BCUT2D eigenvalue weighted by atomic mass is 16.5. The summed E-state index contributed by atoms with van der Waals surface area (Å²) in [6, 6.07) is 10.2. The molecule has 1 fully saturated rings. The van der Waals surface area contributed by atoms with E-state index in [2.05, 4.69) is 39.3 Å². The molecule has 7 nitrogen and oxygen atoms in total. The van der Waals surface area contributed by atoms with E-state index in [1.807, 2.05) is 18.2 Å². The zero-order chi connectivity index (χ0) is 18.5. The summed E-state index contributed by atoms with van der Waals surface area (Å²) in [6.07, 6.45) is 2.69. The van der Waals surface area contributed by atoms with Crippen LogP contribution >= 0.6 is 0 Å². The number of hydrogen-bond acceptors (Lipinski definition) is 5. The molecule has 7 heteroatoms. The van der Waals surface area contributed by atoms with Gasteiger partial charge < -0.3 is 19.5 Å². The maximum atomic E-state index is 6.02. The van der Waals surface area contributed by atoms with E-state index in [1.165, 1.54) is 5.56 Å². The van der Waals surface area contributed by atoms with Crippen molar-refractivity contribution in [3.05, 3.63) is 47.9 Å². The van der Waals surface area contributed by atoms with Gasteiger partial charge in [-0.25, -0.2) is 4.99 Å². The molecule has 3 heterocycles. The molecule has 27 heavy (non-hydrogen) atoms. The number of nitrogens with one attached hydrogen (secondary N) is 1. The Morgan fingerprint density at radius 3 is 2.81 bits per heavy atom. The fourth-order valence-electron chi connectivity index (χ4n) is 3.64. The molecule has 2 aromatic rings. The van der Waals surface area contributed by atoms with Crippen LogP contribution in [0.2, 0.25) is 0 Å². The quantitative estimate of drug-likeness (QED) is 0.640. The first-order chi connectivity index (χ1) is 13.3. The van der Waals surface area contributed by atoms with Crippen molar-refractivity contribution in [1.29, 1.82) is 0 Å². The SMILES string of the molecule is CCNC(=NCC1Cc2ccccc2O1)N1CCN(Cc2ccon2)CC1. The zero-order valence-electron chi connectivity index (χ0n) is 15.8. The molecule has 1 unspecified atom stereocenters. The normalized spacial score (nSPS) is 20.4. The predicted octanol–water partition coefficient (Wildman–Crippen LogP) is 1.76. The number of aromatic nitrogens is 1. The molecule has 1 aromatic carbocycles. The summed E-state index contributed by atoms with van der Waals surface area (Å²) in [5.41, 5.74) is 2.27. The monoisotopic (exact) mass is 369 g/mol. The topological polar surface area (TPSA) is 66.1 Å². The van der Waals surface area contributed by atoms with Gasteiger partial charge in [0.05, 0.1) is 12.2 Å². The Kier molecular flexibility index (Phi) is 5.58. The van der Waals surface area contributed by atoms with Gasteiger partial charge in [-0.15, -0.1) is 0 Å². The first-order valence-corrected chi connectivity index (χ1v) is 9.71. The predicted molar refractivity (Wildman–Crippen MR) is 104 cm³/mol. The summed E-state index contributed by atoms with van der Waals surface area (Å²) in [5.74, 6) is 1.99. The number of piperazine rings is 1. The van der Waals surface area contributed by atoms with Gasteiger partial charge in [0.15, 0.2) is 5.96 Å². The third-order valence-electron chi connectivity index (χ3n) is 5.04. The Bertz CT molecular complexity index is 728. The Morgan fingerprint density at radius 2 is 2.07 bits per heavy atom. The average Bonchev–Trinajstić information content (AvgIpc) is 3.35. The highest BCUT2D eigenvalue weighted by Crippen LogP contribution is 2.28. The average molecular weight is 369 g/mol. The minimum atomic E-state index is 0.129. The molecule has 1 N–H and O–H groups in total. The van der Waals surface area contributed by atoms with Crippen molar-refractivity contribution in [3.63, 3.8) is 0 Å². The van der Waals surface area contributed by atoms with Crippen molar-refractivity contribution < 1.29 is 9.26 Å². The minimum Gasteiger partial charge on any atom is -0.488 e. The number of ether oxygens (including phenoxy) is 1. The maximum Gasteiger partial charge on any atom is 0.194 e. The minimum absolute atomic E-state index is 0.129. The van der Waals surface area contributed by atoms with E-state index in [-0.39, 0.29) is 6.10 Å². The van der Waals surface area contributed by atoms with Gasteiger partial charge in [-0.1, -0.05) is 23.4 Å². The van der Waals surface area contributed by atoms with Gasteiger partial charge in [-0.05, 0) is 18.6 Å². The summed E-state index contributed by atoms with van der Waals surface area (Å²) < 4.78 is 10.9. The van der Waals surface area contributed by atoms with Crippen LogP contribution in [-0.2, 0) is 13.0 Å². The second-order valence-electron chi connectivity index (χ2n) is 7.00. The van der Waals surface area contributed by atoms with Gasteiger partial charge >= 0.3 is 0 Å². The van der Waals surface area contributed by atoms with Crippen LogP contribution in [0.1, 0.15) is 18.2 Å². The van der Waals surface area contributed by atoms with E-state index in [0.29, 0.717) is 6.54 Å². The lowest BCUT2D eigenvalue weighted by Crippen LogP contribution is -2.52. The summed E-state index contributed by atoms with van der Waals surface area (Å²) in [5, 5.41) is 7.44. The van der Waals surface area contributed by atoms with E-state index < -0.39 is 0 Å². The Labute approximate surface area is 160 Å². The summed E-state index contributed by atoms with van der Waals surface area (Å²) in [6.45, 7) is 8.38. The van der Waals surface area contributed by atoms with Crippen LogP contribution in [0.15, 0.2) is 46.1 Å². The molecule has 0 saturated carbocycles. The molecule has 144 valence electrons. The highest BCUT2D eigenvalue weighted by Gasteiger charge is 2.24. The van der Waals surface area contributed by atoms with Crippen LogP contribution in [0.3, 0.4) is 0 Å². The third-order valence-corrected chi connectivity index (χ3v) is 5.04. The molecule has 2 aliphatic heterocycles. The fraction of sp³-hybridized carbons (Fsp3) is 0.500. The number of rotatable bonds is 5. The highest BCUT2D eigenvalue weighted by molar-refractivity contribution is 5.80. The molecule has 0 amide bonds. The number of nitrogens with zero attached hydrogens (tertiary/aromatic N) is 4. The van der Waals surface area contributed by atoms with E-state index in [1.54, 1.807) is 6.26 Å². The second-order valence-corrected chi connectivity index (χ2v) is 7.00. The van der Waals surface area contributed by atoms with Gasteiger partial charge in [-0.3, -0.25) is 4.90 Å². The van der Waals surface area contributed by atoms with E-state index >= 15 is 0 Å². The van der Waals surface area contributed by atoms with Gasteiger partial charge in [0, 0.05) is 51.8 Å². The lowest BCUT2D eigenvalue weighted by Gasteiger charge is -2.36. The van der Waals surface area contributed by atoms with Crippen molar-refractivity contribution in [2.75, 3.05) is 39.3 Å². The van der Waals surface area contributed by atoms with E-state index in [9.17, 15) is 0 Å². The molecule has 1 atom stereocenters. The molecule has 0 bridgehead atoms. The van der Waals surface area contributed by atoms with Crippen LogP contribution in [0.5, 0.6) is 5.75 Å². The van der Waals surface area contributed by atoms with Crippen molar-refractivity contribution in [1.82, 2.24) is 20.3 Å². The van der Waals surface area contributed by atoms with Crippen LogP contribution < -0.4 is 10.1 Å². The molecular formula is C20H27N5O2. The molecule has 2 aliphatic rings. The number of benzene rings is 1. The smallest absolute Gasteiger partial charge is 0.194 e.